The number of carbonyl (C=O) groups excluding carboxylic acids is 1. The van der Waals surface area contributed by atoms with Crippen molar-refractivity contribution in [3.05, 3.63) is 51.7 Å². The minimum absolute atomic E-state index is 0.176. The van der Waals surface area contributed by atoms with E-state index in [9.17, 15) is 9.18 Å². The molecule has 4 nitrogen and oxygen atoms in total. The molecule has 1 aromatic heterocycles. The van der Waals surface area contributed by atoms with Crippen LogP contribution in [0.1, 0.15) is 35.4 Å². The number of piperidine rings is 1. The smallest absolute Gasteiger partial charge is 0.222 e. The molecule has 28 heavy (non-hydrogen) atoms. The highest BCUT2D eigenvalue weighted by molar-refractivity contribution is 7.09. The molecule has 0 bridgehead atoms. The lowest BCUT2D eigenvalue weighted by Gasteiger charge is -2.34. The number of nitrogens with zero attached hydrogens (tertiary/aromatic N) is 3. The van der Waals surface area contributed by atoms with Crippen LogP contribution in [0.25, 0.3) is 0 Å². The number of benzene rings is 1. The molecule has 1 aliphatic heterocycles. The van der Waals surface area contributed by atoms with E-state index in [1.54, 1.807) is 11.3 Å². The Balaban J connectivity index is 1.34. The van der Waals surface area contributed by atoms with Gasteiger partial charge >= 0.3 is 0 Å². The van der Waals surface area contributed by atoms with E-state index >= 15 is 0 Å². The molecule has 1 amide bonds. The predicted molar refractivity (Wildman–Crippen MR) is 112 cm³/mol. The Morgan fingerprint density at radius 1 is 1.25 bits per heavy atom. The van der Waals surface area contributed by atoms with Gasteiger partial charge in [0.05, 0.1) is 11.2 Å². The first kappa shape index (κ1) is 20.9. The summed E-state index contributed by atoms with van der Waals surface area (Å²) in [5.41, 5.74) is 4.08. The van der Waals surface area contributed by atoms with Crippen LogP contribution in [0.3, 0.4) is 0 Å². The Bertz CT molecular complexity index is 753. The summed E-state index contributed by atoms with van der Waals surface area (Å²) in [6, 6.07) is 6.81. The third-order valence-electron chi connectivity index (χ3n) is 5.71. The summed E-state index contributed by atoms with van der Waals surface area (Å²) in [7, 11) is 1.93. The van der Waals surface area contributed by atoms with Crippen LogP contribution in [-0.2, 0) is 17.6 Å². The van der Waals surface area contributed by atoms with Crippen LogP contribution in [0.2, 0.25) is 0 Å². The van der Waals surface area contributed by atoms with E-state index < -0.39 is 0 Å². The average Bonchev–Trinajstić information content (AvgIpc) is 3.11. The second-order valence-electron chi connectivity index (χ2n) is 7.80. The zero-order valence-electron chi connectivity index (χ0n) is 16.9. The van der Waals surface area contributed by atoms with Crippen LogP contribution in [-0.4, -0.2) is 53.9 Å². The Labute approximate surface area is 171 Å². The summed E-state index contributed by atoms with van der Waals surface area (Å²) in [4.78, 5) is 22.3. The monoisotopic (exact) mass is 403 g/mol. The van der Waals surface area contributed by atoms with Gasteiger partial charge in [0.25, 0.3) is 0 Å². The fraction of sp³-hybridized carbons (Fsp3) is 0.545. The van der Waals surface area contributed by atoms with E-state index in [1.807, 2.05) is 36.5 Å². The molecular weight excluding hydrogens is 373 g/mol. The first-order valence-electron chi connectivity index (χ1n) is 10.1. The maximum atomic E-state index is 13.0. The Morgan fingerprint density at radius 3 is 2.61 bits per heavy atom. The normalized spacial score (nSPS) is 15.7. The van der Waals surface area contributed by atoms with Gasteiger partial charge in [-0.1, -0.05) is 12.1 Å². The number of hydrogen-bond donors (Lipinski definition) is 0. The van der Waals surface area contributed by atoms with Gasteiger partial charge in [-0.25, -0.2) is 9.37 Å². The maximum absolute atomic E-state index is 13.0. The van der Waals surface area contributed by atoms with E-state index in [0.29, 0.717) is 12.3 Å². The van der Waals surface area contributed by atoms with Crippen molar-refractivity contribution in [1.82, 2.24) is 14.8 Å². The van der Waals surface area contributed by atoms with Crippen molar-refractivity contribution in [1.29, 1.82) is 0 Å². The molecule has 0 spiro atoms. The van der Waals surface area contributed by atoms with Gasteiger partial charge in [-0.05, 0) is 69.3 Å². The lowest BCUT2D eigenvalue weighted by molar-refractivity contribution is -0.130. The van der Waals surface area contributed by atoms with Gasteiger partial charge in [-0.2, -0.15) is 0 Å². The zero-order chi connectivity index (χ0) is 19.9. The van der Waals surface area contributed by atoms with Crippen LogP contribution >= 0.6 is 11.3 Å². The highest BCUT2D eigenvalue weighted by Gasteiger charge is 2.22. The minimum atomic E-state index is -0.176. The van der Waals surface area contributed by atoms with Crippen LogP contribution < -0.4 is 0 Å². The maximum Gasteiger partial charge on any atom is 0.222 e. The van der Waals surface area contributed by atoms with Gasteiger partial charge in [-0.15, -0.1) is 11.3 Å². The topological polar surface area (TPSA) is 36.4 Å². The molecule has 2 aromatic rings. The standard InChI is InChI=1S/C22H30FN3OS/c1-17-21(28-16-24-17)7-8-22(27)25(2)15-19-10-13-26(14-11-19)12-9-18-3-5-20(23)6-4-18/h3-6,16,19H,7-15H2,1-2H3. The van der Waals surface area contributed by atoms with Gasteiger partial charge < -0.3 is 9.80 Å². The molecule has 1 saturated heterocycles. The van der Waals surface area contributed by atoms with Gasteiger partial charge in [0.2, 0.25) is 5.91 Å². The van der Waals surface area contributed by atoms with Crippen LogP contribution in [0.5, 0.6) is 0 Å². The van der Waals surface area contributed by atoms with Crippen molar-refractivity contribution >= 4 is 17.2 Å². The third-order valence-corrected chi connectivity index (χ3v) is 6.70. The Hall–Kier alpha value is -1.79. The molecule has 3 rings (SSSR count). The van der Waals surface area contributed by atoms with E-state index in [2.05, 4.69) is 9.88 Å². The summed E-state index contributed by atoms with van der Waals surface area (Å²) < 4.78 is 13.0. The molecule has 2 heterocycles. The summed E-state index contributed by atoms with van der Waals surface area (Å²) in [6.45, 7) is 6.03. The summed E-state index contributed by atoms with van der Waals surface area (Å²) >= 11 is 1.64. The number of rotatable bonds is 8. The number of aromatic nitrogens is 1. The molecule has 0 atom stereocenters. The number of amides is 1. The molecule has 0 unspecified atom stereocenters. The zero-order valence-corrected chi connectivity index (χ0v) is 17.7. The SMILES string of the molecule is Cc1ncsc1CCC(=O)N(C)CC1CCN(CCc2ccc(F)cc2)CC1. The highest BCUT2D eigenvalue weighted by Crippen LogP contribution is 2.20. The molecule has 1 fully saturated rings. The minimum Gasteiger partial charge on any atom is -0.345 e. The highest BCUT2D eigenvalue weighted by atomic mass is 32.1. The quantitative estimate of drug-likeness (QED) is 0.670. The number of halogens is 1. The van der Waals surface area contributed by atoms with Crippen molar-refractivity contribution in [2.24, 2.45) is 5.92 Å². The Morgan fingerprint density at radius 2 is 1.96 bits per heavy atom. The number of carbonyl (C=O) groups is 1. The van der Waals surface area contributed by atoms with Crippen molar-refractivity contribution in [2.45, 2.75) is 39.0 Å². The van der Waals surface area contributed by atoms with Gasteiger partial charge in [0, 0.05) is 31.4 Å². The third kappa shape index (κ3) is 6.11. The number of aryl methyl sites for hydroxylation is 2. The largest absolute Gasteiger partial charge is 0.345 e. The van der Waals surface area contributed by atoms with Gasteiger partial charge in [0.15, 0.2) is 0 Å². The first-order chi connectivity index (χ1) is 13.5. The molecule has 6 heteroatoms. The number of likely N-dealkylation sites (tertiary alicyclic amines) is 1. The summed E-state index contributed by atoms with van der Waals surface area (Å²) in [6.07, 6.45) is 4.59. The fourth-order valence-electron chi connectivity index (χ4n) is 3.80. The average molecular weight is 404 g/mol. The predicted octanol–water partition coefficient (Wildman–Crippen LogP) is 3.94. The van der Waals surface area contributed by atoms with E-state index in [1.165, 1.54) is 22.6 Å². The van der Waals surface area contributed by atoms with Crippen LogP contribution in [0.4, 0.5) is 4.39 Å². The second-order valence-corrected chi connectivity index (χ2v) is 8.74. The lowest BCUT2D eigenvalue weighted by atomic mass is 9.96. The molecule has 0 radical (unpaired) electrons. The summed E-state index contributed by atoms with van der Waals surface area (Å²) in [5, 5.41) is 0. The molecule has 0 aliphatic carbocycles. The summed E-state index contributed by atoms with van der Waals surface area (Å²) in [5.74, 6) is 0.637. The molecule has 1 aromatic carbocycles. The number of hydrogen-bond acceptors (Lipinski definition) is 4. The van der Waals surface area contributed by atoms with E-state index in [-0.39, 0.29) is 11.7 Å². The van der Waals surface area contributed by atoms with Crippen molar-refractivity contribution in [2.75, 3.05) is 33.2 Å². The fourth-order valence-corrected chi connectivity index (χ4v) is 4.58. The number of thiazole rings is 1. The van der Waals surface area contributed by atoms with Crippen LogP contribution in [0, 0.1) is 18.7 Å². The molecule has 152 valence electrons. The van der Waals surface area contributed by atoms with E-state index in [4.69, 9.17) is 0 Å². The molecule has 0 saturated carbocycles. The molecule has 1 aliphatic rings. The van der Waals surface area contributed by atoms with Gasteiger partial charge in [-0.3, -0.25) is 4.79 Å². The second kappa shape index (κ2) is 10.1. The van der Waals surface area contributed by atoms with Crippen molar-refractivity contribution < 1.29 is 9.18 Å². The molecular formula is C22H30FN3OS. The van der Waals surface area contributed by atoms with Gasteiger partial charge in [0.1, 0.15) is 5.82 Å². The van der Waals surface area contributed by atoms with Crippen molar-refractivity contribution in [3.63, 3.8) is 0 Å². The first-order valence-corrected chi connectivity index (χ1v) is 11.0. The van der Waals surface area contributed by atoms with Crippen LogP contribution in [0.15, 0.2) is 29.8 Å². The molecule has 0 N–H and O–H groups in total. The lowest BCUT2D eigenvalue weighted by Crippen LogP contribution is -2.40. The van der Waals surface area contributed by atoms with Crippen molar-refractivity contribution in [3.8, 4) is 0 Å². The Kier molecular flexibility index (Phi) is 7.57. The van der Waals surface area contributed by atoms with E-state index in [0.717, 1.165) is 57.6 Å².